The standard InChI is InChI=1S/C20H28N4O3/c1-21-19(24-8-2-6-20(14-24)12-18(25)23-13-20)22-7-5-15-3-4-16-17(11-15)27-10-9-26-16/h3-4,11H,2,5-10,12-14H2,1H3,(H,21,22)(H,23,25). The van der Waals surface area contributed by atoms with Gasteiger partial charge in [0.05, 0.1) is 0 Å². The van der Waals surface area contributed by atoms with Crippen LogP contribution in [-0.4, -0.2) is 63.2 Å². The molecule has 1 aromatic rings. The van der Waals surface area contributed by atoms with Crippen LogP contribution in [-0.2, 0) is 11.2 Å². The molecule has 0 radical (unpaired) electrons. The SMILES string of the molecule is CN=C(NCCc1ccc2c(c1)OCCO2)N1CCCC2(CNC(=O)C2)C1. The average molecular weight is 372 g/mol. The summed E-state index contributed by atoms with van der Waals surface area (Å²) >= 11 is 0. The number of likely N-dealkylation sites (tertiary alicyclic amines) is 1. The van der Waals surface area contributed by atoms with Gasteiger partial charge in [-0.05, 0) is 37.0 Å². The van der Waals surface area contributed by atoms with Crippen LogP contribution in [0, 0.1) is 5.41 Å². The van der Waals surface area contributed by atoms with Crippen LogP contribution in [0.3, 0.4) is 0 Å². The van der Waals surface area contributed by atoms with Crippen LogP contribution in [0.4, 0.5) is 0 Å². The first-order valence-electron chi connectivity index (χ1n) is 9.78. The molecule has 2 N–H and O–H groups in total. The van der Waals surface area contributed by atoms with Crippen LogP contribution in [0.25, 0.3) is 0 Å². The summed E-state index contributed by atoms with van der Waals surface area (Å²) in [7, 11) is 1.83. The maximum Gasteiger partial charge on any atom is 0.220 e. The normalized spacial score (nSPS) is 24.9. The summed E-state index contributed by atoms with van der Waals surface area (Å²) in [4.78, 5) is 18.5. The van der Waals surface area contributed by atoms with Gasteiger partial charge in [-0.25, -0.2) is 0 Å². The topological polar surface area (TPSA) is 75.2 Å². The van der Waals surface area contributed by atoms with Crippen molar-refractivity contribution < 1.29 is 14.3 Å². The van der Waals surface area contributed by atoms with E-state index >= 15 is 0 Å². The number of nitrogens with one attached hydrogen (secondary N) is 2. The molecular weight excluding hydrogens is 344 g/mol. The second kappa shape index (κ2) is 7.66. The number of piperidine rings is 1. The molecule has 27 heavy (non-hydrogen) atoms. The lowest BCUT2D eigenvalue weighted by Crippen LogP contribution is -2.51. The summed E-state index contributed by atoms with van der Waals surface area (Å²) < 4.78 is 11.2. The fourth-order valence-electron chi connectivity index (χ4n) is 4.32. The number of ether oxygens (including phenoxy) is 2. The largest absolute Gasteiger partial charge is 0.486 e. The molecule has 0 aliphatic carbocycles. The molecule has 146 valence electrons. The lowest BCUT2D eigenvalue weighted by Gasteiger charge is -2.40. The lowest BCUT2D eigenvalue weighted by atomic mass is 9.79. The quantitative estimate of drug-likeness (QED) is 0.616. The van der Waals surface area contributed by atoms with Crippen LogP contribution in [0.1, 0.15) is 24.8 Å². The van der Waals surface area contributed by atoms with Crippen molar-refractivity contribution in [2.24, 2.45) is 10.4 Å². The van der Waals surface area contributed by atoms with Gasteiger partial charge in [-0.15, -0.1) is 0 Å². The van der Waals surface area contributed by atoms with E-state index in [2.05, 4.69) is 32.7 Å². The highest BCUT2D eigenvalue weighted by Gasteiger charge is 2.42. The van der Waals surface area contributed by atoms with Gasteiger partial charge in [0.2, 0.25) is 5.91 Å². The van der Waals surface area contributed by atoms with E-state index in [1.807, 2.05) is 13.1 Å². The minimum absolute atomic E-state index is 0.0722. The highest BCUT2D eigenvalue weighted by molar-refractivity contribution is 5.81. The van der Waals surface area contributed by atoms with Crippen LogP contribution < -0.4 is 20.1 Å². The summed E-state index contributed by atoms with van der Waals surface area (Å²) in [5.41, 5.74) is 1.28. The van der Waals surface area contributed by atoms with Crippen molar-refractivity contribution in [3.8, 4) is 11.5 Å². The number of carbonyl (C=O) groups excluding carboxylic acids is 1. The van der Waals surface area contributed by atoms with E-state index in [1.54, 1.807) is 0 Å². The van der Waals surface area contributed by atoms with Gasteiger partial charge in [-0.2, -0.15) is 0 Å². The van der Waals surface area contributed by atoms with Crippen molar-refractivity contribution in [3.05, 3.63) is 23.8 Å². The molecule has 1 spiro atoms. The number of rotatable bonds is 3. The van der Waals surface area contributed by atoms with Crippen molar-refractivity contribution in [1.29, 1.82) is 0 Å². The summed E-state index contributed by atoms with van der Waals surface area (Å²) in [6, 6.07) is 6.13. The zero-order chi connectivity index (χ0) is 18.7. The Kier molecular flexibility index (Phi) is 5.09. The molecule has 7 heteroatoms. The Labute approximate surface area is 160 Å². The molecule has 7 nitrogen and oxygen atoms in total. The number of hydrogen-bond donors (Lipinski definition) is 2. The van der Waals surface area contributed by atoms with Gasteiger partial charge in [0.25, 0.3) is 0 Å². The first kappa shape index (κ1) is 17.9. The summed E-state index contributed by atoms with van der Waals surface area (Å²) in [5.74, 6) is 2.76. The third-order valence-corrected chi connectivity index (χ3v) is 5.67. The van der Waals surface area contributed by atoms with Gasteiger partial charge in [0.15, 0.2) is 17.5 Å². The molecule has 3 aliphatic heterocycles. The molecule has 2 fully saturated rings. The van der Waals surface area contributed by atoms with Gasteiger partial charge in [-0.1, -0.05) is 6.07 Å². The Hall–Kier alpha value is -2.44. The summed E-state index contributed by atoms with van der Waals surface area (Å²) in [6.45, 7) is 4.68. The lowest BCUT2D eigenvalue weighted by molar-refractivity contribution is -0.119. The van der Waals surface area contributed by atoms with E-state index in [-0.39, 0.29) is 11.3 Å². The van der Waals surface area contributed by atoms with Crippen molar-refractivity contribution >= 4 is 11.9 Å². The third kappa shape index (κ3) is 3.96. The molecule has 1 aromatic carbocycles. The molecule has 3 heterocycles. The smallest absolute Gasteiger partial charge is 0.220 e. The van der Waals surface area contributed by atoms with E-state index < -0.39 is 0 Å². The van der Waals surface area contributed by atoms with Gasteiger partial charge in [-0.3, -0.25) is 9.79 Å². The Bertz CT molecular complexity index is 736. The Morgan fingerprint density at radius 2 is 2.19 bits per heavy atom. The van der Waals surface area contributed by atoms with Gasteiger partial charge < -0.3 is 25.0 Å². The van der Waals surface area contributed by atoms with Gasteiger partial charge >= 0.3 is 0 Å². The van der Waals surface area contributed by atoms with E-state index in [4.69, 9.17) is 9.47 Å². The van der Waals surface area contributed by atoms with Gasteiger partial charge in [0.1, 0.15) is 13.2 Å². The molecule has 0 aromatic heterocycles. The molecule has 4 rings (SSSR count). The number of guanidine groups is 1. The van der Waals surface area contributed by atoms with E-state index in [0.717, 1.165) is 62.9 Å². The van der Waals surface area contributed by atoms with Gasteiger partial charge in [0, 0.05) is 45.1 Å². The predicted molar refractivity (Wildman–Crippen MR) is 103 cm³/mol. The molecule has 0 bridgehead atoms. The van der Waals surface area contributed by atoms with Crippen molar-refractivity contribution in [3.63, 3.8) is 0 Å². The number of nitrogens with zero attached hydrogens (tertiary/aromatic N) is 2. The highest BCUT2D eigenvalue weighted by atomic mass is 16.6. The van der Waals surface area contributed by atoms with E-state index in [9.17, 15) is 4.79 Å². The number of amides is 1. The monoisotopic (exact) mass is 372 g/mol. The van der Waals surface area contributed by atoms with Crippen molar-refractivity contribution in [2.75, 3.05) is 46.4 Å². The second-order valence-corrected chi connectivity index (χ2v) is 7.68. The summed E-state index contributed by atoms with van der Waals surface area (Å²) in [5, 5.41) is 6.48. The average Bonchev–Trinajstić information content (AvgIpc) is 3.04. The van der Waals surface area contributed by atoms with Crippen molar-refractivity contribution in [1.82, 2.24) is 15.5 Å². The zero-order valence-electron chi connectivity index (χ0n) is 15.9. The van der Waals surface area contributed by atoms with Crippen molar-refractivity contribution in [2.45, 2.75) is 25.7 Å². The molecular formula is C20H28N4O3. The maximum absolute atomic E-state index is 11.7. The molecule has 1 atom stereocenters. The highest BCUT2D eigenvalue weighted by Crippen LogP contribution is 2.36. The van der Waals surface area contributed by atoms with Crippen LogP contribution in [0.2, 0.25) is 0 Å². The first-order chi connectivity index (χ1) is 13.2. The van der Waals surface area contributed by atoms with Crippen LogP contribution in [0.15, 0.2) is 23.2 Å². The maximum atomic E-state index is 11.7. The Balaban J connectivity index is 1.32. The molecule has 2 saturated heterocycles. The molecule has 1 unspecified atom stereocenters. The van der Waals surface area contributed by atoms with E-state index in [1.165, 1.54) is 5.56 Å². The fourth-order valence-corrected chi connectivity index (χ4v) is 4.32. The zero-order valence-corrected chi connectivity index (χ0v) is 15.9. The number of fused-ring (bicyclic) bond motifs is 1. The predicted octanol–water partition coefficient (Wildman–Crippen LogP) is 1.18. The van der Waals surface area contributed by atoms with E-state index in [0.29, 0.717) is 19.6 Å². The third-order valence-electron chi connectivity index (χ3n) is 5.67. The number of hydrogen-bond acceptors (Lipinski definition) is 4. The van der Waals surface area contributed by atoms with Crippen LogP contribution >= 0.6 is 0 Å². The Morgan fingerprint density at radius 3 is 2.96 bits per heavy atom. The minimum atomic E-state index is 0.0722. The fraction of sp³-hybridized carbons (Fsp3) is 0.600. The molecule has 0 saturated carbocycles. The van der Waals surface area contributed by atoms with Crippen LogP contribution in [0.5, 0.6) is 11.5 Å². The Morgan fingerprint density at radius 1 is 1.33 bits per heavy atom. The second-order valence-electron chi connectivity index (χ2n) is 7.68. The number of benzene rings is 1. The molecule has 1 amide bonds. The minimum Gasteiger partial charge on any atom is -0.486 e. The first-order valence-corrected chi connectivity index (χ1v) is 9.78. The number of carbonyl (C=O) groups is 1. The number of aliphatic imine (C=N–C) groups is 1. The summed E-state index contributed by atoms with van der Waals surface area (Å²) in [6.07, 6.45) is 3.72. The molecule has 3 aliphatic rings.